The first-order chi connectivity index (χ1) is 13.8. The number of carbonyl (C=O) groups excluding carboxylic acids is 1. The van der Waals surface area contributed by atoms with Gasteiger partial charge in [0.15, 0.2) is 17.8 Å². The Morgan fingerprint density at radius 1 is 1.28 bits per heavy atom. The third-order valence-corrected chi connectivity index (χ3v) is 5.79. The summed E-state index contributed by atoms with van der Waals surface area (Å²) in [5.74, 6) is 0.864. The smallest absolute Gasteiger partial charge is 0.182 e. The van der Waals surface area contributed by atoms with Crippen LogP contribution in [0.3, 0.4) is 0 Å². The number of hydrogen-bond donors (Lipinski definition) is 1. The molecule has 0 atom stereocenters. The number of pyridine rings is 1. The van der Waals surface area contributed by atoms with Crippen LogP contribution in [0.15, 0.2) is 35.1 Å². The molecule has 148 valence electrons. The van der Waals surface area contributed by atoms with Crippen LogP contribution in [0.1, 0.15) is 72.4 Å². The maximum Gasteiger partial charge on any atom is 0.182 e. The third kappa shape index (κ3) is 3.12. The summed E-state index contributed by atoms with van der Waals surface area (Å²) in [4.78, 5) is 23.9. The molecule has 1 aliphatic heterocycles. The Kier molecular flexibility index (Phi) is 3.88. The Labute approximate surface area is 169 Å². The van der Waals surface area contributed by atoms with Crippen molar-refractivity contribution in [2.45, 2.75) is 51.5 Å². The average Bonchev–Trinajstić information content (AvgIpc) is 3.34. The second kappa shape index (κ2) is 6.24. The van der Waals surface area contributed by atoms with Gasteiger partial charge in [-0.3, -0.25) is 10.2 Å². The maximum atomic E-state index is 13.1. The maximum absolute atomic E-state index is 13.1. The number of Topliss-reactive ketones (excluding diaryl/α,β-unsaturated/α-hetero) is 1. The zero-order valence-electron chi connectivity index (χ0n) is 17.0. The molecule has 1 saturated carbocycles. The summed E-state index contributed by atoms with van der Waals surface area (Å²) in [5, 5.41) is 8.53. The van der Waals surface area contributed by atoms with Crippen LogP contribution in [-0.4, -0.2) is 33.0 Å². The monoisotopic (exact) mass is 388 g/mol. The second-order valence-electron chi connectivity index (χ2n) is 9.12. The second-order valence-corrected chi connectivity index (χ2v) is 9.12. The number of oxazole rings is 1. The van der Waals surface area contributed by atoms with Crippen molar-refractivity contribution >= 4 is 22.7 Å². The van der Waals surface area contributed by atoms with Crippen LogP contribution >= 0.6 is 0 Å². The summed E-state index contributed by atoms with van der Waals surface area (Å²) in [6, 6.07) is 7.83. The highest BCUT2D eigenvalue weighted by Crippen LogP contribution is 2.39. The first-order valence-corrected chi connectivity index (χ1v) is 10.1. The molecule has 0 saturated heterocycles. The zero-order valence-corrected chi connectivity index (χ0v) is 17.0. The van der Waals surface area contributed by atoms with Crippen molar-refractivity contribution in [2.24, 2.45) is 0 Å². The molecule has 2 aromatic heterocycles. The van der Waals surface area contributed by atoms with Gasteiger partial charge in [0.1, 0.15) is 17.0 Å². The standard InChI is InChI=1S/C23H24N4O2/c1-23(2,3)16-8-15(9-18-21(16)29-12-25-18)19(28)11-27-10-14-6-7-17(13-4-5-13)26-20(14)22(27)24/h6-9,12-13,24H,4-5,10-11H2,1-3H3. The topological polar surface area (TPSA) is 83.1 Å². The molecule has 3 aromatic rings. The zero-order chi connectivity index (χ0) is 20.3. The van der Waals surface area contributed by atoms with E-state index in [1.165, 1.54) is 19.2 Å². The Balaban J connectivity index is 1.41. The van der Waals surface area contributed by atoms with Crippen LogP contribution in [0.4, 0.5) is 0 Å². The van der Waals surface area contributed by atoms with E-state index in [2.05, 4.69) is 37.9 Å². The molecule has 6 heteroatoms. The van der Waals surface area contributed by atoms with E-state index in [4.69, 9.17) is 14.8 Å². The van der Waals surface area contributed by atoms with E-state index in [1.54, 1.807) is 11.0 Å². The number of fused-ring (bicyclic) bond motifs is 2. The third-order valence-electron chi connectivity index (χ3n) is 5.79. The number of ketones is 1. The van der Waals surface area contributed by atoms with Crippen LogP contribution < -0.4 is 0 Å². The van der Waals surface area contributed by atoms with Crippen molar-refractivity contribution in [1.82, 2.24) is 14.9 Å². The van der Waals surface area contributed by atoms with Crippen LogP contribution in [0.5, 0.6) is 0 Å². The summed E-state index contributed by atoms with van der Waals surface area (Å²) in [6.45, 7) is 6.98. The van der Waals surface area contributed by atoms with Gasteiger partial charge in [-0.2, -0.15) is 0 Å². The fourth-order valence-corrected chi connectivity index (χ4v) is 3.96. The van der Waals surface area contributed by atoms with E-state index in [9.17, 15) is 4.79 Å². The van der Waals surface area contributed by atoms with Gasteiger partial charge in [-0.15, -0.1) is 0 Å². The number of carbonyl (C=O) groups is 1. The van der Waals surface area contributed by atoms with Crippen molar-refractivity contribution in [3.8, 4) is 0 Å². The molecule has 5 rings (SSSR count). The molecule has 0 amide bonds. The number of nitrogens with zero attached hydrogens (tertiary/aromatic N) is 3. The number of hydrogen-bond acceptors (Lipinski definition) is 5. The van der Waals surface area contributed by atoms with Crippen LogP contribution in [0.25, 0.3) is 11.1 Å². The molecular formula is C23H24N4O2. The number of aromatic nitrogens is 2. The Morgan fingerprint density at radius 2 is 2.07 bits per heavy atom. The van der Waals surface area contributed by atoms with Crippen LogP contribution in [0.2, 0.25) is 0 Å². The van der Waals surface area contributed by atoms with E-state index in [0.717, 1.165) is 28.1 Å². The van der Waals surface area contributed by atoms with E-state index in [0.29, 0.717) is 29.4 Å². The first-order valence-electron chi connectivity index (χ1n) is 10.1. The number of benzene rings is 1. The van der Waals surface area contributed by atoms with E-state index in [-0.39, 0.29) is 17.7 Å². The molecule has 0 spiro atoms. The average molecular weight is 388 g/mol. The molecule has 6 nitrogen and oxygen atoms in total. The molecular weight excluding hydrogens is 364 g/mol. The Morgan fingerprint density at radius 3 is 2.79 bits per heavy atom. The molecule has 1 aromatic carbocycles. The molecule has 29 heavy (non-hydrogen) atoms. The minimum atomic E-state index is -0.173. The van der Waals surface area contributed by atoms with Gasteiger partial charge >= 0.3 is 0 Å². The predicted molar refractivity (Wildman–Crippen MR) is 110 cm³/mol. The summed E-state index contributed by atoms with van der Waals surface area (Å²) in [6.07, 6.45) is 3.79. The summed E-state index contributed by atoms with van der Waals surface area (Å²) in [7, 11) is 0. The SMILES string of the molecule is CC(C)(C)c1cc(C(=O)CN2Cc3ccc(C4CC4)nc3C2=N)cc2ncoc12. The van der Waals surface area contributed by atoms with Gasteiger partial charge in [0.2, 0.25) is 0 Å². The van der Waals surface area contributed by atoms with Crippen molar-refractivity contribution in [2.75, 3.05) is 6.54 Å². The van der Waals surface area contributed by atoms with Gasteiger partial charge in [0, 0.05) is 34.8 Å². The number of rotatable bonds is 4. The Bertz CT molecular complexity index is 1150. The van der Waals surface area contributed by atoms with Gasteiger partial charge in [0.25, 0.3) is 0 Å². The van der Waals surface area contributed by atoms with Gasteiger partial charge in [-0.25, -0.2) is 9.97 Å². The summed E-state index contributed by atoms with van der Waals surface area (Å²) >= 11 is 0. The van der Waals surface area contributed by atoms with E-state index in [1.807, 2.05) is 6.07 Å². The lowest BCUT2D eigenvalue weighted by Gasteiger charge is -2.21. The van der Waals surface area contributed by atoms with Gasteiger partial charge in [-0.1, -0.05) is 26.8 Å². The predicted octanol–water partition coefficient (Wildman–Crippen LogP) is 4.42. The molecule has 0 bridgehead atoms. The molecule has 1 fully saturated rings. The molecule has 0 radical (unpaired) electrons. The molecule has 2 aliphatic rings. The van der Waals surface area contributed by atoms with Gasteiger partial charge in [0.05, 0.1) is 6.54 Å². The molecule has 0 unspecified atom stereocenters. The summed E-state index contributed by atoms with van der Waals surface area (Å²) < 4.78 is 5.56. The normalized spacial score (nSPS) is 16.5. The highest BCUT2D eigenvalue weighted by atomic mass is 16.3. The Hall–Kier alpha value is -3.02. The van der Waals surface area contributed by atoms with E-state index < -0.39 is 0 Å². The van der Waals surface area contributed by atoms with Crippen molar-refractivity contribution in [3.05, 3.63) is 58.7 Å². The fraction of sp³-hybridized carbons (Fsp3) is 0.391. The lowest BCUT2D eigenvalue weighted by molar-refractivity contribution is 0.0962. The van der Waals surface area contributed by atoms with Crippen molar-refractivity contribution in [3.63, 3.8) is 0 Å². The van der Waals surface area contributed by atoms with Gasteiger partial charge in [-0.05, 0) is 36.5 Å². The highest BCUT2D eigenvalue weighted by Gasteiger charge is 2.31. The molecule has 1 aliphatic carbocycles. The largest absolute Gasteiger partial charge is 0.443 e. The lowest BCUT2D eigenvalue weighted by atomic mass is 9.85. The fourth-order valence-electron chi connectivity index (χ4n) is 3.96. The van der Waals surface area contributed by atoms with Crippen molar-refractivity contribution < 1.29 is 9.21 Å². The van der Waals surface area contributed by atoms with Crippen LogP contribution in [-0.2, 0) is 12.0 Å². The number of amidine groups is 1. The van der Waals surface area contributed by atoms with Crippen LogP contribution in [0, 0.1) is 5.41 Å². The minimum Gasteiger partial charge on any atom is -0.443 e. The molecule has 1 N–H and O–H groups in total. The van der Waals surface area contributed by atoms with Gasteiger partial charge < -0.3 is 9.32 Å². The van der Waals surface area contributed by atoms with Crippen molar-refractivity contribution in [1.29, 1.82) is 5.41 Å². The lowest BCUT2D eigenvalue weighted by Crippen LogP contribution is -2.30. The highest BCUT2D eigenvalue weighted by molar-refractivity contribution is 6.05. The summed E-state index contributed by atoms with van der Waals surface area (Å²) in [5.41, 5.74) is 5.64. The molecule has 3 heterocycles. The first kappa shape index (κ1) is 18.0. The number of nitrogens with one attached hydrogen (secondary N) is 1. The quantitative estimate of drug-likeness (QED) is 0.669. The minimum absolute atomic E-state index is 0.0274. The van der Waals surface area contributed by atoms with E-state index >= 15 is 0 Å².